The van der Waals surface area contributed by atoms with Gasteiger partial charge in [-0.05, 0) is 40.5 Å². The summed E-state index contributed by atoms with van der Waals surface area (Å²) in [7, 11) is -1.78. The van der Waals surface area contributed by atoms with Gasteiger partial charge in [0.05, 0.1) is 23.7 Å². The molecular weight excluding hydrogens is 306 g/mol. The van der Waals surface area contributed by atoms with E-state index in [0.717, 1.165) is 4.09 Å². The minimum atomic E-state index is -3.39. The molecule has 1 aliphatic carbocycles. The average molecular weight is 329 g/mol. The maximum absolute atomic E-state index is 12.2. The molecule has 1 fully saturated rings. The Balaban J connectivity index is 2.11. The average Bonchev–Trinajstić information content (AvgIpc) is 3.14. The van der Waals surface area contributed by atoms with Crippen LogP contribution < -0.4 is 0 Å². The summed E-state index contributed by atoms with van der Waals surface area (Å²) in [5.74, 6) is 0. The third kappa shape index (κ3) is 3.60. The Bertz CT molecular complexity index is 669. The SMILES string of the molecule is Cc1c(CN(C)C(=O)OC(C)(C)C)cnn1S(=O)(=O)C1CC1. The van der Waals surface area contributed by atoms with Gasteiger partial charge < -0.3 is 9.64 Å². The largest absolute Gasteiger partial charge is 0.444 e. The van der Waals surface area contributed by atoms with Crippen molar-refractivity contribution >= 4 is 16.1 Å². The van der Waals surface area contributed by atoms with Crippen molar-refractivity contribution in [3.8, 4) is 0 Å². The second kappa shape index (κ2) is 5.57. The number of carbonyl (C=O) groups is 1. The van der Waals surface area contributed by atoms with Crippen molar-refractivity contribution in [2.24, 2.45) is 0 Å². The number of aromatic nitrogens is 2. The summed E-state index contributed by atoms with van der Waals surface area (Å²) in [6, 6.07) is 0. The molecule has 22 heavy (non-hydrogen) atoms. The first kappa shape index (κ1) is 16.8. The van der Waals surface area contributed by atoms with E-state index >= 15 is 0 Å². The molecular formula is C14H23N3O4S. The van der Waals surface area contributed by atoms with Gasteiger partial charge in [0.15, 0.2) is 0 Å². The Labute approximate surface area is 131 Å². The highest BCUT2D eigenvalue weighted by molar-refractivity contribution is 7.90. The smallest absolute Gasteiger partial charge is 0.410 e. The van der Waals surface area contributed by atoms with E-state index in [1.54, 1.807) is 34.7 Å². The van der Waals surface area contributed by atoms with Crippen LogP contribution in [-0.2, 0) is 21.3 Å². The van der Waals surface area contributed by atoms with Gasteiger partial charge in [-0.15, -0.1) is 0 Å². The lowest BCUT2D eigenvalue weighted by Crippen LogP contribution is -2.34. The standard InChI is InChI=1S/C14H23N3O4S/c1-10-11(9-16(5)13(18)21-14(2,3)4)8-15-17(10)22(19,20)12-6-7-12/h8,12H,6-7,9H2,1-5H3. The first-order valence-electron chi connectivity index (χ1n) is 7.24. The third-order valence-corrected chi connectivity index (χ3v) is 5.53. The number of amides is 1. The fourth-order valence-corrected chi connectivity index (χ4v) is 3.70. The Morgan fingerprint density at radius 2 is 2.05 bits per heavy atom. The molecule has 124 valence electrons. The Hall–Kier alpha value is -1.57. The van der Waals surface area contributed by atoms with E-state index in [9.17, 15) is 13.2 Å². The van der Waals surface area contributed by atoms with Crippen LogP contribution in [-0.4, -0.2) is 46.5 Å². The van der Waals surface area contributed by atoms with Gasteiger partial charge in [-0.3, -0.25) is 0 Å². The molecule has 0 spiro atoms. The van der Waals surface area contributed by atoms with Gasteiger partial charge in [-0.1, -0.05) is 0 Å². The lowest BCUT2D eigenvalue weighted by molar-refractivity contribution is 0.0285. The van der Waals surface area contributed by atoms with Crippen molar-refractivity contribution in [2.75, 3.05) is 7.05 Å². The van der Waals surface area contributed by atoms with Crippen molar-refractivity contribution in [1.29, 1.82) is 0 Å². The lowest BCUT2D eigenvalue weighted by atomic mass is 10.2. The number of nitrogens with zero attached hydrogens (tertiary/aromatic N) is 3. The molecule has 0 saturated heterocycles. The summed E-state index contributed by atoms with van der Waals surface area (Å²) in [6.45, 7) is 7.34. The lowest BCUT2D eigenvalue weighted by Gasteiger charge is -2.24. The summed E-state index contributed by atoms with van der Waals surface area (Å²) in [6.07, 6.45) is 2.42. The van der Waals surface area contributed by atoms with Crippen LogP contribution in [0.4, 0.5) is 4.79 Å². The molecule has 0 aliphatic heterocycles. The maximum Gasteiger partial charge on any atom is 0.410 e. The molecule has 8 heteroatoms. The predicted octanol–water partition coefficient (Wildman–Crippen LogP) is 1.90. The van der Waals surface area contributed by atoms with E-state index in [0.29, 0.717) is 24.1 Å². The molecule has 0 radical (unpaired) electrons. The molecule has 0 N–H and O–H groups in total. The number of hydrogen-bond acceptors (Lipinski definition) is 5. The van der Waals surface area contributed by atoms with Crippen LogP contribution in [0.1, 0.15) is 44.9 Å². The Morgan fingerprint density at radius 1 is 1.45 bits per heavy atom. The van der Waals surface area contributed by atoms with E-state index in [2.05, 4.69) is 5.10 Å². The van der Waals surface area contributed by atoms with Gasteiger partial charge in [0, 0.05) is 12.6 Å². The maximum atomic E-state index is 12.2. The fraction of sp³-hybridized carbons (Fsp3) is 0.714. The Kier molecular flexibility index (Phi) is 4.25. The van der Waals surface area contributed by atoms with Gasteiger partial charge in [-0.25, -0.2) is 13.2 Å². The summed E-state index contributed by atoms with van der Waals surface area (Å²) >= 11 is 0. The molecule has 0 unspecified atom stereocenters. The molecule has 1 aromatic heterocycles. The number of carbonyl (C=O) groups excluding carboxylic acids is 1. The van der Waals surface area contributed by atoms with Crippen molar-refractivity contribution in [3.05, 3.63) is 17.5 Å². The molecule has 1 aliphatic rings. The van der Waals surface area contributed by atoms with Crippen LogP contribution in [0.3, 0.4) is 0 Å². The van der Waals surface area contributed by atoms with E-state index in [1.165, 1.54) is 11.1 Å². The van der Waals surface area contributed by atoms with Crippen LogP contribution in [0.2, 0.25) is 0 Å². The number of hydrogen-bond donors (Lipinski definition) is 0. The molecule has 2 rings (SSSR count). The van der Waals surface area contributed by atoms with Gasteiger partial charge >= 0.3 is 6.09 Å². The summed E-state index contributed by atoms with van der Waals surface area (Å²) in [5.41, 5.74) is 0.666. The highest BCUT2D eigenvalue weighted by atomic mass is 32.2. The van der Waals surface area contributed by atoms with Crippen molar-refractivity contribution in [3.63, 3.8) is 0 Å². The molecule has 1 aromatic rings. The minimum absolute atomic E-state index is 0.251. The van der Waals surface area contributed by atoms with E-state index in [-0.39, 0.29) is 11.8 Å². The van der Waals surface area contributed by atoms with Crippen LogP contribution in [0, 0.1) is 6.92 Å². The second-order valence-electron chi connectivity index (χ2n) is 6.68. The first-order valence-corrected chi connectivity index (χ1v) is 8.74. The van der Waals surface area contributed by atoms with Crippen LogP contribution in [0.15, 0.2) is 6.20 Å². The van der Waals surface area contributed by atoms with Crippen LogP contribution >= 0.6 is 0 Å². The van der Waals surface area contributed by atoms with Crippen LogP contribution in [0.5, 0.6) is 0 Å². The highest BCUT2D eigenvalue weighted by Crippen LogP contribution is 2.30. The van der Waals surface area contributed by atoms with E-state index in [4.69, 9.17) is 4.74 Å². The fourth-order valence-electron chi connectivity index (χ4n) is 2.00. The molecule has 0 atom stereocenters. The third-order valence-electron chi connectivity index (χ3n) is 3.37. The second-order valence-corrected chi connectivity index (χ2v) is 8.72. The summed E-state index contributed by atoms with van der Waals surface area (Å²) < 4.78 is 30.8. The summed E-state index contributed by atoms with van der Waals surface area (Å²) in [4.78, 5) is 13.4. The van der Waals surface area contributed by atoms with Crippen molar-refractivity contribution in [1.82, 2.24) is 14.1 Å². The van der Waals surface area contributed by atoms with Gasteiger partial charge in [0.1, 0.15) is 5.60 Å². The van der Waals surface area contributed by atoms with Gasteiger partial charge in [-0.2, -0.15) is 9.19 Å². The quantitative estimate of drug-likeness (QED) is 0.842. The molecule has 7 nitrogen and oxygen atoms in total. The number of rotatable bonds is 4. The molecule has 1 heterocycles. The zero-order valence-electron chi connectivity index (χ0n) is 13.7. The van der Waals surface area contributed by atoms with Crippen molar-refractivity contribution in [2.45, 2.75) is 57.9 Å². The van der Waals surface area contributed by atoms with E-state index < -0.39 is 21.7 Å². The number of ether oxygens (including phenoxy) is 1. The normalized spacial score (nSPS) is 15.7. The Morgan fingerprint density at radius 3 is 2.55 bits per heavy atom. The first-order chi connectivity index (χ1) is 10.0. The van der Waals surface area contributed by atoms with Gasteiger partial charge in [0.2, 0.25) is 0 Å². The molecule has 1 amide bonds. The summed E-state index contributed by atoms with van der Waals surface area (Å²) in [5, 5.41) is 3.67. The topological polar surface area (TPSA) is 81.5 Å². The monoisotopic (exact) mass is 329 g/mol. The molecule has 0 aromatic carbocycles. The minimum Gasteiger partial charge on any atom is -0.444 e. The van der Waals surface area contributed by atoms with Crippen LogP contribution in [0.25, 0.3) is 0 Å². The molecule has 1 saturated carbocycles. The zero-order valence-corrected chi connectivity index (χ0v) is 14.5. The van der Waals surface area contributed by atoms with Crippen molar-refractivity contribution < 1.29 is 17.9 Å². The highest BCUT2D eigenvalue weighted by Gasteiger charge is 2.38. The molecule has 0 bridgehead atoms. The predicted molar refractivity (Wildman–Crippen MR) is 82.0 cm³/mol. The van der Waals surface area contributed by atoms with Gasteiger partial charge in [0.25, 0.3) is 10.0 Å². The van der Waals surface area contributed by atoms with E-state index in [1.807, 2.05) is 0 Å². The zero-order chi connectivity index (χ0) is 16.7.